The summed E-state index contributed by atoms with van der Waals surface area (Å²) in [6.07, 6.45) is 6.43. The first-order valence-corrected chi connectivity index (χ1v) is 5.28. The SMILES string of the molecule is CC(=O)C(Br)C1CCCCC1. The van der Waals surface area contributed by atoms with Gasteiger partial charge in [-0.05, 0) is 25.7 Å². The van der Waals surface area contributed by atoms with Crippen molar-refractivity contribution in [2.24, 2.45) is 5.92 Å². The van der Waals surface area contributed by atoms with Crippen molar-refractivity contribution in [2.45, 2.75) is 43.9 Å². The summed E-state index contributed by atoms with van der Waals surface area (Å²) in [6.45, 7) is 1.67. The van der Waals surface area contributed by atoms with Gasteiger partial charge in [-0.2, -0.15) is 0 Å². The molecule has 0 aromatic rings. The predicted octanol–water partition coefficient (Wildman–Crippen LogP) is 2.92. The Kier molecular flexibility index (Phi) is 3.57. The largest absolute Gasteiger partial charge is 0.299 e. The molecule has 0 N–H and O–H groups in total. The normalized spacial score (nSPS) is 23.1. The first kappa shape index (κ1) is 9.24. The zero-order valence-corrected chi connectivity index (χ0v) is 8.56. The Morgan fingerprint density at radius 1 is 1.36 bits per heavy atom. The summed E-state index contributed by atoms with van der Waals surface area (Å²) in [6, 6.07) is 0. The minimum atomic E-state index is 0.128. The van der Waals surface area contributed by atoms with Crippen LogP contribution in [-0.4, -0.2) is 10.6 Å². The molecule has 0 amide bonds. The lowest BCUT2D eigenvalue weighted by Crippen LogP contribution is -2.23. The standard InChI is InChI=1S/C9H15BrO/c1-7(11)9(10)8-5-3-2-4-6-8/h8-9H,2-6H2,1H3. The molecule has 0 aromatic heterocycles. The van der Waals surface area contributed by atoms with Crippen molar-refractivity contribution in [3.05, 3.63) is 0 Å². The molecule has 1 nitrogen and oxygen atoms in total. The molecule has 1 saturated carbocycles. The van der Waals surface area contributed by atoms with Crippen molar-refractivity contribution in [1.82, 2.24) is 0 Å². The van der Waals surface area contributed by atoms with Crippen molar-refractivity contribution < 1.29 is 4.79 Å². The van der Waals surface area contributed by atoms with Crippen molar-refractivity contribution in [3.8, 4) is 0 Å². The number of hydrogen-bond acceptors (Lipinski definition) is 1. The van der Waals surface area contributed by atoms with E-state index in [4.69, 9.17) is 0 Å². The van der Waals surface area contributed by atoms with Crippen molar-refractivity contribution >= 4 is 21.7 Å². The summed E-state index contributed by atoms with van der Waals surface area (Å²) in [4.78, 5) is 11.1. The number of halogens is 1. The number of carbonyl (C=O) groups is 1. The fourth-order valence-electron chi connectivity index (χ4n) is 1.76. The van der Waals surface area contributed by atoms with Crippen LogP contribution in [0.4, 0.5) is 0 Å². The Labute approximate surface area is 76.7 Å². The van der Waals surface area contributed by atoms with E-state index in [9.17, 15) is 4.79 Å². The maximum atomic E-state index is 11.0. The van der Waals surface area contributed by atoms with Gasteiger partial charge in [0, 0.05) is 0 Å². The highest BCUT2D eigenvalue weighted by Crippen LogP contribution is 2.30. The molecule has 2 heteroatoms. The van der Waals surface area contributed by atoms with Crippen LogP contribution in [0.15, 0.2) is 0 Å². The number of rotatable bonds is 2. The molecule has 64 valence electrons. The molecule has 0 radical (unpaired) electrons. The number of hydrogen-bond donors (Lipinski definition) is 0. The minimum absolute atomic E-state index is 0.128. The van der Waals surface area contributed by atoms with Crippen LogP contribution in [0.3, 0.4) is 0 Å². The van der Waals surface area contributed by atoms with Gasteiger partial charge in [0.2, 0.25) is 0 Å². The van der Waals surface area contributed by atoms with Gasteiger partial charge in [-0.15, -0.1) is 0 Å². The lowest BCUT2D eigenvalue weighted by Gasteiger charge is -2.24. The molecule has 1 fully saturated rings. The fourth-order valence-corrected chi connectivity index (χ4v) is 2.29. The Hall–Kier alpha value is 0.150. The number of carbonyl (C=O) groups excluding carboxylic acids is 1. The average Bonchev–Trinajstić information content (AvgIpc) is 2.05. The zero-order valence-electron chi connectivity index (χ0n) is 6.98. The minimum Gasteiger partial charge on any atom is -0.299 e. The second-order valence-corrected chi connectivity index (χ2v) is 4.40. The van der Waals surface area contributed by atoms with Crippen molar-refractivity contribution in [1.29, 1.82) is 0 Å². The highest BCUT2D eigenvalue weighted by molar-refractivity contribution is 9.10. The highest BCUT2D eigenvalue weighted by atomic mass is 79.9. The molecule has 0 bridgehead atoms. The van der Waals surface area contributed by atoms with Crippen molar-refractivity contribution in [2.75, 3.05) is 0 Å². The van der Waals surface area contributed by atoms with Crippen LogP contribution < -0.4 is 0 Å². The van der Waals surface area contributed by atoms with E-state index in [1.54, 1.807) is 6.92 Å². The molecule has 0 aromatic carbocycles. The summed E-state index contributed by atoms with van der Waals surface area (Å²) in [7, 11) is 0. The zero-order chi connectivity index (χ0) is 8.27. The summed E-state index contributed by atoms with van der Waals surface area (Å²) in [5, 5.41) is 0. The van der Waals surface area contributed by atoms with Crippen LogP contribution in [-0.2, 0) is 4.79 Å². The molecule has 1 aliphatic carbocycles. The van der Waals surface area contributed by atoms with E-state index in [-0.39, 0.29) is 10.6 Å². The molecule has 0 saturated heterocycles. The highest BCUT2D eigenvalue weighted by Gasteiger charge is 2.24. The summed E-state index contributed by atoms with van der Waals surface area (Å²) in [5.74, 6) is 0.901. The molecule has 11 heavy (non-hydrogen) atoms. The Bertz CT molecular complexity index is 138. The van der Waals surface area contributed by atoms with E-state index in [0.29, 0.717) is 5.92 Å². The van der Waals surface area contributed by atoms with E-state index >= 15 is 0 Å². The maximum Gasteiger partial charge on any atom is 0.143 e. The van der Waals surface area contributed by atoms with Crippen LogP contribution in [0.5, 0.6) is 0 Å². The van der Waals surface area contributed by atoms with Gasteiger partial charge in [-0.25, -0.2) is 0 Å². The lowest BCUT2D eigenvalue weighted by molar-refractivity contribution is -0.117. The average molecular weight is 219 g/mol. The van der Waals surface area contributed by atoms with Crippen LogP contribution in [0.2, 0.25) is 0 Å². The second-order valence-electron chi connectivity index (χ2n) is 3.41. The van der Waals surface area contributed by atoms with Gasteiger partial charge < -0.3 is 0 Å². The molecule has 1 rings (SSSR count). The van der Waals surface area contributed by atoms with Gasteiger partial charge >= 0.3 is 0 Å². The number of alkyl halides is 1. The maximum absolute atomic E-state index is 11.0. The molecule has 1 unspecified atom stereocenters. The topological polar surface area (TPSA) is 17.1 Å². The van der Waals surface area contributed by atoms with Gasteiger partial charge in [0.05, 0.1) is 4.83 Å². The summed E-state index contributed by atoms with van der Waals surface area (Å²) >= 11 is 3.45. The Morgan fingerprint density at radius 3 is 2.36 bits per heavy atom. The molecule has 0 heterocycles. The molecule has 0 spiro atoms. The van der Waals surface area contributed by atoms with E-state index in [2.05, 4.69) is 15.9 Å². The van der Waals surface area contributed by atoms with Gasteiger partial charge in [0.15, 0.2) is 0 Å². The molecular weight excluding hydrogens is 204 g/mol. The number of Topliss-reactive ketones (excluding diaryl/α,β-unsaturated/α-hetero) is 1. The monoisotopic (exact) mass is 218 g/mol. The van der Waals surface area contributed by atoms with Crippen LogP contribution in [0.25, 0.3) is 0 Å². The first-order chi connectivity index (χ1) is 5.22. The quantitative estimate of drug-likeness (QED) is 0.652. The smallest absolute Gasteiger partial charge is 0.143 e. The van der Waals surface area contributed by atoms with Gasteiger partial charge in [-0.1, -0.05) is 35.2 Å². The second kappa shape index (κ2) is 4.24. The number of ketones is 1. The van der Waals surface area contributed by atoms with Gasteiger partial charge in [-0.3, -0.25) is 4.79 Å². The van der Waals surface area contributed by atoms with E-state index in [1.165, 1.54) is 32.1 Å². The molecule has 0 aliphatic heterocycles. The third-order valence-corrected chi connectivity index (χ3v) is 3.84. The first-order valence-electron chi connectivity index (χ1n) is 4.36. The molecule has 1 aliphatic rings. The third-order valence-electron chi connectivity index (χ3n) is 2.45. The lowest BCUT2D eigenvalue weighted by atomic mass is 9.86. The Morgan fingerprint density at radius 2 is 1.91 bits per heavy atom. The van der Waals surface area contributed by atoms with Gasteiger partial charge in [0.25, 0.3) is 0 Å². The molecular formula is C9H15BrO. The fraction of sp³-hybridized carbons (Fsp3) is 0.889. The van der Waals surface area contributed by atoms with Crippen LogP contribution in [0.1, 0.15) is 39.0 Å². The van der Waals surface area contributed by atoms with E-state index in [0.717, 1.165) is 0 Å². The van der Waals surface area contributed by atoms with Gasteiger partial charge in [0.1, 0.15) is 5.78 Å². The summed E-state index contributed by atoms with van der Waals surface area (Å²) in [5.41, 5.74) is 0. The third kappa shape index (κ3) is 2.58. The molecule has 1 atom stereocenters. The predicted molar refractivity (Wildman–Crippen MR) is 50.0 cm³/mol. The Balaban J connectivity index is 2.38. The summed E-state index contributed by atoms with van der Waals surface area (Å²) < 4.78 is 0. The van der Waals surface area contributed by atoms with Crippen molar-refractivity contribution in [3.63, 3.8) is 0 Å². The van der Waals surface area contributed by atoms with E-state index < -0.39 is 0 Å². The van der Waals surface area contributed by atoms with Crippen LogP contribution in [0, 0.1) is 5.92 Å². The van der Waals surface area contributed by atoms with E-state index in [1.807, 2.05) is 0 Å². The van der Waals surface area contributed by atoms with Crippen LogP contribution >= 0.6 is 15.9 Å².